The molecule has 0 saturated carbocycles. The lowest BCUT2D eigenvalue weighted by molar-refractivity contribution is -0.132. The van der Waals surface area contributed by atoms with Crippen LogP contribution in [-0.2, 0) is 4.79 Å². The van der Waals surface area contributed by atoms with E-state index in [4.69, 9.17) is 16.6 Å². The number of amides is 1. The van der Waals surface area contributed by atoms with Gasteiger partial charge in [-0.2, -0.15) is 0 Å². The monoisotopic (exact) mass is 416 g/mol. The molecule has 1 unspecified atom stereocenters. The van der Waals surface area contributed by atoms with Gasteiger partial charge >= 0.3 is 0 Å². The van der Waals surface area contributed by atoms with Crippen LogP contribution in [0.1, 0.15) is 19.8 Å². The number of anilines is 1. The van der Waals surface area contributed by atoms with Gasteiger partial charge in [0, 0.05) is 56.9 Å². The second-order valence-corrected chi connectivity index (χ2v) is 9.21. The van der Waals surface area contributed by atoms with Crippen LogP contribution in [0.3, 0.4) is 0 Å². The number of aromatic amines is 1. The van der Waals surface area contributed by atoms with Gasteiger partial charge < -0.3 is 20.1 Å². The SMILES string of the molecule is CC1CCN(C(=O)[C@@H]2C[C@H](N3CCN(c4nc5ccc(Cl)cc5[nH]4)CC3)CN2)C1. The highest BCUT2D eigenvalue weighted by Crippen LogP contribution is 2.24. The highest BCUT2D eigenvalue weighted by Gasteiger charge is 2.37. The number of nitrogens with one attached hydrogen (secondary N) is 2. The molecule has 1 amide bonds. The van der Waals surface area contributed by atoms with Crippen LogP contribution in [0, 0.1) is 5.92 Å². The Morgan fingerprint density at radius 3 is 2.79 bits per heavy atom. The molecular formula is C21H29ClN6O. The summed E-state index contributed by atoms with van der Waals surface area (Å²) in [5.41, 5.74) is 1.93. The molecule has 3 fully saturated rings. The lowest BCUT2D eigenvalue weighted by Gasteiger charge is -2.37. The molecule has 4 heterocycles. The zero-order chi connectivity index (χ0) is 20.0. The average Bonchev–Trinajstić information content (AvgIpc) is 3.46. The Labute approximate surface area is 176 Å². The fraction of sp³-hybridized carbons (Fsp3) is 0.619. The number of H-pyrrole nitrogens is 1. The van der Waals surface area contributed by atoms with Gasteiger partial charge in [-0.15, -0.1) is 0 Å². The number of rotatable bonds is 3. The second-order valence-electron chi connectivity index (χ2n) is 8.77. The highest BCUT2D eigenvalue weighted by molar-refractivity contribution is 6.31. The highest BCUT2D eigenvalue weighted by atomic mass is 35.5. The molecule has 3 aliphatic heterocycles. The van der Waals surface area contributed by atoms with Crippen LogP contribution in [0.4, 0.5) is 5.95 Å². The Bertz CT molecular complexity index is 892. The summed E-state index contributed by atoms with van der Waals surface area (Å²) in [4.78, 5) is 27.8. The second kappa shape index (κ2) is 7.78. The summed E-state index contributed by atoms with van der Waals surface area (Å²) in [5, 5.41) is 4.20. The van der Waals surface area contributed by atoms with Crippen molar-refractivity contribution in [3.8, 4) is 0 Å². The van der Waals surface area contributed by atoms with E-state index in [1.807, 2.05) is 18.2 Å². The van der Waals surface area contributed by atoms with Gasteiger partial charge in [0.15, 0.2) is 0 Å². The van der Waals surface area contributed by atoms with E-state index in [1.165, 1.54) is 0 Å². The Morgan fingerprint density at radius 2 is 2.03 bits per heavy atom. The fourth-order valence-corrected chi connectivity index (χ4v) is 5.13. The summed E-state index contributed by atoms with van der Waals surface area (Å²) in [7, 11) is 0. The Balaban J connectivity index is 1.16. The largest absolute Gasteiger partial charge is 0.341 e. The molecule has 5 rings (SSSR count). The molecule has 156 valence electrons. The lowest BCUT2D eigenvalue weighted by Crippen LogP contribution is -2.51. The van der Waals surface area contributed by atoms with Gasteiger partial charge in [-0.05, 0) is 37.0 Å². The minimum Gasteiger partial charge on any atom is -0.341 e. The smallest absolute Gasteiger partial charge is 0.239 e. The van der Waals surface area contributed by atoms with Crippen LogP contribution in [0.15, 0.2) is 18.2 Å². The summed E-state index contributed by atoms with van der Waals surface area (Å²) < 4.78 is 0. The number of benzene rings is 1. The maximum absolute atomic E-state index is 12.8. The van der Waals surface area contributed by atoms with Crippen LogP contribution in [0.2, 0.25) is 5.02 Å². The number of carbonyl (C=O) groups is 1. The molecule has 0 radical (unpaired) electrons. The Morgan fingerprint density at radius 1 is 1.21 bits per heavy atom. The zero-order valence-electron chi connectivity index (χ0n) is 16.9. The minimum atomic E-state index is -0.0107. The van der Waals surface area contributed by atoms with E-state index in [0.29, 0.717) is 17.9 Å². The quantitative estimate of drug-likeness (QED) is 0.800. The van der Waals surface area contributed by atoms with E-state index < -0.39 is 0 Å². The molecule has 7 nitrogen and oxygen atoms in total. The summed E-state index contributed by atoms with van der Waals surface area (Å²) >= 11 is 6.09. The number of hydrogen-bond acceptors (Lipinski definition) is 5. The number of likely N-dealkylation sites (tertiary alicyclic amines) is 1. The molecule has 1 aromatic carbocycles. The first-order chi connectivity index (χ1) is 14.1. The Hall–Kier alpha value is -1.83. The van der Waals surface area contributed by atoms with Gasteiger partial charge in [0.2, 0.25) is 11.9 Å². The van der Waals surface area contributed by atoms with Crippen molar-refractivity contribution >= 4 is 34.5 Å². The van der Waals surface area contributed by atoms with Gasteiger partial charge in [0.1, 0.15) is 0 Å². The van der Waals surface area contributed by atoms with Crippen LogP contribution in [-0.4, -0.2) is 83.6 Å². The van der Waals surface area contributed by atoms with Crippen molar-refractivity contribution in [1.82, 2.24) is 25.1 Å². The van der Waals surface area contributed by atoms with E-state index in [0.717, 1.165) is 80.7 Å². The Kier molecular flexibility index (Phi) is 5.14. The van der Waals surface area contributed by atoms with E-state index in [2.05, 4.69) is 31.9 Å². The average molecular weight is 417 g/mol. The van der Waals surface area contributed by atoms with Crippen molar-refractivity contribution in [1.29, 1.82) is 0 Å². The fourth-order valence-electron chi connectivity index (χ4n) is 4.96. The molecule has 2 aromatic rings. The first kappa shape index (κ1) is 19.2. The number of piperazine rings is 1. The summed E-state index contributed by atoms with van der Waals surface area (Å²) in [5.74, 6) is 1.86. The maximum Gasteiger partial charge on any atom is 0.239 e. The topological polar surface area (TPSA) is 67.5 Å². The molecular weight excluding hydrogens is 388 g/mol. The van der Waals surface area contributed by atoms with Crippen LogP contribution >= 0.6 is 11.6 Å². The summed E-state index contributed by atoms with van der Waals surface area (Å²) in [6, 6.07) is 6.19. The number of hydrogen-bond donors (Lipinski definition) is 2. The van der Waals surface area contributed by atoms with E-state index in [1.54, 1.807) is 0 Å². The molecule has 3 saturated heterocycles. The van der Waals surface area contributed by atoms with Crippen LogP contribution in [0.5, 0.6) is 0 Å². The molecule has 2 N–H and O–H groups in total. The van der Waals surface area contributed by atoms with Gasteiger partial charge in [-0.1, -0.05) is 18.5 Å². The van der Waals surface area contributed by atoms with Gasteiger partial charge in [-0.3, -0.25) is 9.69 Å². The zero-order valence-corrected chi connectivity index (χ0v) is 17.7. The lowest BCUT2D eigenvalue weighted by atomic mass is 10.1. The number of imidazole rings is 1. The van der Waals surface area contributed by atoms with Crippen molar-refractivity contribution in [2.45, 2.75) is 31.8 Å². The van der Waals surface area contributed by atoms with Crippen molar-refractivity contribution in [2.75, 3.05) is 50.7 Å². The molecule has 0 bridgehead atoms. The number of carbonyl (C=O) groups excluding carboxylic acids is 1. The third-order valence-electron chi connectivity index (χ3n) is 6.70. The molecule has 1 aromatic heterocycles. The first-order valence-corrected chi connectivity index (χ1v) is 11.1. The standard InChI is InChI=1S/C21H29ClN6O/c1-14-4-5-28(13-14)20(29)19-11-16(12-23-19)26-6-8-27(9-7-26)21-24-17-3-2-15(22)10-18(17)25-21/h2-3,10,14,16,19,23H,4-9,11-13H2,1H3,(H,24,25)/t14?,16-,19-/m0/s1. The van der Waals surface area contributed by atoms with E-state index in [-0.39, 0.29) is 6.04 Å². The van der Waals surface area contributed by atoms with E-state index >= 15 is 0 Å². The molecule has 29 heavy (non-hydrogen) atoms. The predicted octanol–water partition coefficient (Wildman–Crippen LogP) is 1.94. The number of fused-ring (bicyclic) bond motifs is 1. The summed E-state index contributed by atoms with van der Waals surface area (Å²) in [6.45, 7) is 8.83. The van der Waals surface area contributed by atoms with Crippen molar-refractivity contribution in [3.63, 3.8) is 0 Å². The number of aromatic nitrogens is 2. The van der Waals surface area contributed by atoms with Gasteiger partial charge in [0.25, 0.3) is 0 Å². The van der Waals surface area contributed by atoms with Crippen LogP contribution < -0.4 is 10.2 Å². The van der Waals surface area contributed by atoms with Crippen molar-refractivity contribution in [3.05, 3.63) is 23.2 Å². The molecule has 3 aliphatic rings. The first-order valence-electron chi connectivity index (χ1n) is 10.7. The molecule has 3 atom stereocenters. The van der Waals surface area contributed by atoms with Crippen molar-refractivity contribution in [2.24, 2.45) is 5.92 Å². The molecule has 0 spiro atoms. The number of halogens is 1. The van der Waals surface area contributed by atoms with E-state index in [9.17, 15) is 4.79 Å². The predicted molar refractivity (Wildman–Crippen MR) is 115 cm³/mol. The van der Waals surface area contributed by atoms with Gasteiger partial charge in [-0.25, -0.2) is 4.98 Å². The number of nitrogens with zero attached hydrogens (tertiary/aromatic N) is 4. The molecule has 8 heteroatoms. The third kappa shape index (κ3) is 3.83. The minimum absolute atomic E-state index is 0.0107. The summed E-state index contributed by atoms with van der Waals surface area (Å²) in [6.07, 6.45) is 2.06. The van der Waals surface area contributed by atoms with Gasteiger partial charge in [0.05, 0.1) is 17.1 Å². The normalized spacial score (nSPS) is 28.6. The third-order valence-corrected chi connectivity index (χ3v) is 6.94. The molecule has 0 aliphatic carbocycles. The van der Waals surface area contributed by atoms with Crippen molar-refractivity contribution < 1.29 is 4.79 Å². The maximum atomic E-state index is 12.8. The van der Waals surface area contributed by atoms with Crippen LogP contribution in [0.25, 0.3) is 11.0 Å².